The lowest BCUT2D eigenvalue weighted by Crippen LogP contribution is -1.91. The molecule has 58 heavy (non-hydrogen) atoms. The van der Waals surface area contributed by atoms with Gasteiger partial charge in [0.2, 0.25) is 0 Å². The molecule has 11 aromatic carbocycles. The third-order valence-electron chi connectivity index (χ3n) is 11.9. The van der Waals surface area contributed by atoms with Crippen molar-refractivity contribution in [3.8, 4) is 77.9 Å². The summed E-state index contributed by atoms with van der Waals surface area (Å²) < 4.78 is 0. The Labute approximate surface area is 339 Å². The molecule has 0 bridgehead atoms. The van der Waals surface area contributed by atoms with Crippen LogP contribution in [0, 0.1) is 0 Å². The third kappa shape index (κ3) is 5.86. The van der Waals surface area contributed by atoms with Gasteiger partial charge in [-0.2, -0.15) is 0 Å². The lowest BCUT2D eigenvalue weighted by molar-refractivity contribution is 1.57. The van der Waals surface area contributed by atoms with Crippen molar-refractivity contribution in [3.05, 3.63) is 231 Å². The van der Waals surface area contributed by atoms with Gasteiger partial charge in [-0.1, -0.05) is 231 Å². The summed E-state index contributed by atoms with van der Waals surface area (Å²) in [5.74, 6) is 0. The van der Waals surface area contributed by atoms with E-state index in [2.05, 4.69) is 231 Å². The smallest absolute Gasteiger partial charge is 0.00203 e. The van der Waals surface area contributed by atoms with Gasteiger partial charge < -0.3 is 0 Å². The summed E-state index contributed by atoms with van der Waals surface area (Å²) in [5.41, 5.74) is 17.2. The summed E-state index contributed by atoms with van der Waals surface area (Å²) in [4.78, 5) is 0. The molecule has 270 valence electrons. The average Bonchev–Trinajstić information content (AvgIpc) is 3.31. The van der Waals surface area contributed by atoms with E-state index in [0.29, 0.717) is 0 Å². The maximum absolute atomic E-state index is 2.33. The quantitative estimate of drug-likeness (QED) is 0.143. The number of hydrogen-bond acceptors (Lipinski definition) is 0. The van der Waals surface area contributed by atoms with E-state index in [1.165, 1.54) is 110 Å². The van der Waals surface area contributed by atoms with Crippen LogP contribution < -0.4 is 0 Å². The van der Waals surface area contributed by atoms with Crippen molar-refractivity contribution in [2.75, 3.05) is 0 Å². The van der Waals surface area contributed by atoms with Crippen LogP contribution in [-0.4, -0.2) is 0 Å². The number of benzene rings is 11. The first-order valence-electron chi connectivity index (χ1n) is 20.1. The standard InChI is InChI=1S/C58H38/c1-3-11-39(12-4-1)41-19-23-43(24-20-41)49-15-7-8-16-50(49)44-27-29-46(30-28-44)52-35-31-47-34-38-56-54(36-32-48-33-37-55(52)57(47)58(48)56)53-18-10-9-17-51(53)45-25-21-42(22-26-45)40-13-5-2-6-14-40/h1-38H. The fourth-order valence-electron chi connectivity index (χ4n) is 9.02. The van der Waals surface area contributed by atoms with Crippen LogP contribution >= 0.6 is 0 Å². The van der Waals surface area contributed by atoms with E-state index in [4.69, 9.17) is 0 Å². The summed E-state index contributed by atoms with van der Waals surface area (Å²) >= 11 is 0. The number of rotatable bonds is 7. The maximum atomic E-state index is 2.33. The zero-order chi connectivity index (χ0) is 38.4. The van der Waals surface area contributed by atoms with Crippen LogP contribution in [0.15, 0.2) is 231 Å². The first kappa shape index (κ1) is 33.8. The molecule has 0 amide bonds. The van der Waals surface area contributed by atoms with Crippen LogP contribution in [0.3, 0.4) is 0 Å². The third-order valence-corrected chi connectivity index (χ3v) is 11.9. The Morgan fingerprint density at radius 2 is 0.448 bits per heavy atom. The van der Waals surface area contributed by atoms with E-state index in [9.17, 15) is 0 Å². The predicted octanol–water partition coefficient (Wildman–Crippen LogP) is 16.3. The highest BCUT2D eigenvalue weighted by molar-refractivity contribution is 6.27. The van der Waals surface area contributed by atoms with Crippen molar-refractivity contribution in [1.82, 2.24) is 0 Å². The maximum Gasteiger partial charge on any atom is -0.00203 e. The highest BCUT2D eigenvalue weighted by atomic mass is 14.2. The fourth-order valence-corrected chi connectivity index (χ4v) is 9.02. The molecule has 0 saturated heterocycles. The largest absolute Gasteiger partial charge is 0.0622 e. The second-order valence-corrected chi connectivity index (χ2v) is 15.2. The van der Waals surface area contributed by atoms with Gasteiger partial charge in [-0.25, -0.2) is 0 Å². The van der Waals surface area contributed by atoms with E-state index >= 15 is 0 Å². The van der Waals surface area contributed by atoms with Crippen molar-refractivity contribution >= 4 is 32.3 Å². The predicted molar refractivity (Wildman–Crippen MR) is 248 cm³/mol. The van der Waals surface area contributed by atoms with Crippen molar-refractivity contribution in [1.29, 1.82) is 0 Å². The zero-order valence-corrected chi connectivity index (χ0v) is 31.9. The lowest BCUT2D eigenvalue weighted by atomic mass is 9.85. The lowest BCUT2D eigenvalue weighted by Gasteiger charge is -2.18. The molecule has 0 heteroatoms. The van der Waals surface area contributed by atoms with Gasteiger partial charge in [0.25, 0.3) is 0 Å². The average molecular weight is 735 g/mol. The summed E-state index contributed by atoms with van der Waals surface area (Å²) in [6.45, 7) is 0. The molecule has 0 radical (unpaired) electrons. The van der Waals surface area contributed by atoms with E-state index in [-0.39, 0.29) is 0 Å². The van der Waals surface area contributed by atoms with Crippen molar-refractivity contribution < 1.29 is 0 Å². The molecule has 0 unspecified atom stereocenters. The van der Waals surface area contributed by atoms with Gasteiger partial charge in [0, 0.05) is 0 Å². The summed E-state index contributed by atoms with van der Waals surface area (Å²) in [7, 11) is 0. The minimum Gasteiger partial charge on any atom is -0.0622 e. The Morgan fingerprint density at radius 1 is 0.155 bits per heavy atom. The summed E-state index contributed by atoms with van der Waals surface area (Å²) in [5, 5.41) is 7.75. The van der Waals surface area contributed by atoms with Gasteiger partial charge in [-0.3, -0.25) is 0 Å². The van der Waals surface area contributed by atoms with Gasteiger partial charge in [0.15, 0.2) is 0 Å². The van der Waals surface area contributed by atoms with Gasteiger partial charge in [-0.05, 0) is 110 Å². The van der Waals surface area contributed by atoms with Crippen LogP contribution in [0.4, 0.5) is 0 Å². The van der Waals surface area contributed by atoms with Crippen LogP contribution in [0.25, 0.3) is 110 Å². The van der Waals surface area contributed by atoms with Gasteiger partial charge in [0.1, 0.15) is 0 Å². The summed E-state index contributed by atoms with van der Waals surface area (Å²) in [6, 6.07) is 84.3. The van der Waals surface area contributed by atoms with Gasteiger partial charge in [0.05, 0.1) is 0 Å². The molecule has 0 aliphatic rings. The van der Waals surface area contributed by atoms with Crippen LogP contribution in [0.1, 0.15) is 0 Å². The second-order valence-electron chi connectivity index (χ2n) is 15.2. The molecule has 0 atom stereocenters. The molecule has 11 aromatic rings. The van der Waals surface area contributed by atoms with Crippen molar-refractivity contribution in [2.24, 2.45) is 0 Å². The summed E-state index contributed by atoms with van der Waals surface area (Å²) in [6.07, 6.45) is 0. The van der Waals surface area contributed by atoms with E-state index in [1.54, 1.807) is 0 Å². The highest BCUT2D eigenvalue weighted by Gasteiger charge is 2.17. The first-order valence-corrected chi connectivity index (χ1v) is 20.1. The first-order chi connectivity index (χ1) is 28.8. The zero-order valence-electron chi connectivity index (χ0n) is 31.9. The molecule has 0 aromatic heterocycles. The van der Waals surface area contributed by atoms with E-state index < -0.39 is 0 Å². The molecule has 0 nitrogen and oxygen atoms in total. The van der Waals surface area contributed by atoms with Gasteiger partial charge >= 0.3 is 0 Å². The molecule has 0 heterocycles. The molecule has 0 spiro atoms. The van der Waals surface area contributed by atoms with Crippen LogP contribution in [0.2, 0.25) is 0 Å². The highest BCUT2D eigenvalue weighted by Crippen LogP contribution is 2.44. The van der Waals surface area contributed by atoms with E-state index in [1.807, 2.05) is 0 Å². The molecule has 11 rings (SSSR count). The Morgan fingerprint density at radius 3 is 0.897 bits per heavy atom. The Kier molecular flexibility index (Phi) is 8.26. The second kappa shape index (κ2) is 14.2. The normalized spacial score (nSPS) is 11.4. The number of hydrogen-bond donors (Lipinski definition) is 0. The Balaban J connectivity index is 0.966. The van der Waals surface area contributed by atoms with Crippen LogP contribution in [0.5, 0.6) is 0 Å². The molecule has 0 aliphatic carbocycles. The molecule has 0 aliphatic heterocycles. The molecule has 0 fully saturated rings. The monoisotopic (exact) mass is 734 g/mol. The van der Waals surface area contributed by atoms with Crippen molar-refractivity contribution in [2.45, 2.75) is 0 Å². The van der Waals surface area contributed by atoms with Crippen LogP contribution in [-0.2, 0) is 0 Å². The SMILES string of the molecule is c1ccc(-c2ccc(-c3ccccc3-c3ccc(-c4ccc5ccc6c(-c7ccccc7-c7ccc(-c8ccccc8)cc7)ccc7ccc4c5c76)cc3)cc2)cc1. The molecular formula is C58H38. The van der Waals surface area contributed by atoms with E-state index in [0.717, 1.165) is 0 Å². The minimum atomic E-state index is 1.21. The molecule has 0 saturated carbocycles. The Bertz CT molecular complexity index is 3210. The van der Waals surface area contributed by atoms with Gasteiger partial charge in [-0.15, -0.1) is 0 Å². The fraction of sp³-hybridized carbons (Fsp3) is 0. The Hall–Kier alpha value is -7.54. The van der Waals surface area contributed by atoms with Crippen molar-refractivity contribution in [3.63, 3.8) is 0 Å². The minimum absolute atomic E-state index is 1.21. The topological polar surface area (TPSA) is 0 Å². The molecule has 0 N–H and O–H groups in total. The molecular weight excluding hydrogens is 697 g/mol.